The number of carboxylic acid groups (broad SMARTS) is 1. The van der Waals surface area contributed by atoms with Gasteiger partial charge in [-0.2, -0.15) is 0 Å². The van der Waals surface area contributed by atoms with Crippen molar-refractivity contribution in [2.45, 2.75) is 77.9 Å². The smallest absolute Gasteiger partial charge is 0.419 e. The third kappa shape index (κ3) is 6.41. The summed E-state index contributed by atoms with van der Waals surface area (Å²) in [5, 5.41) is 10.1. The Balaban J connectivity index is 1.74. The lowest BCUT2D eigenvalue weighted by Crippen LogP contribution is -2.45. The molecule has 0 saturated heterocycles. The van der Waals surface area contributed by atoms with E-state index in [-0.39, 0.29) is 18.4 Å². The van der Waals surface area contributed by atoms with Gasteiger partial charge in [-0.25, -0.2) is 24.5 Å². The highest BCUT2D eigenvalue weighted by Crippen LogP contribution is 2.57. The molecular weight excluding hydrogens is 464 g/mol. The van der Waals surface area contributed by atoms with E-state index in [1.54, 1.807) is 70.9 Å². The summed E-state index contributed by atoms with van der Waals surface area (Å²) in [6.45, 7) is 12.2. The van der Waals surface area contributed by atoms with Crippen LogP contribution in [0.25, 0.3) is 5.82 Å². The predicted molar refractivity (Wildman–Crippen MR) is 132 cm³/mol. The average Bonchev–Trinajstić information content (AvgIpc) is 3.24. The Labute approximate surface area is 211 Å². The fourth-order valence-corrected chi connectivity index (χ4v) is 4.21. The van der Waals surface area contributed by atoms with Crippen LogP contribution in [0.3, 0.4) is 0 Å². The van der Waals surface area contributed by atoms with Gasteiger partial charge in [0.1, 0.15) is 28.8 Å². The van der Waals surface area contributed by atoms with Crippen molar-refractivity contribution in [2.24, 2.45) is 11.8 Å². The molecule has 3 rings (SSSR count). The van der Waals surface area contributed by atoms with Crippen LogP contribution in [-0.4, -0.2) is 60.4 Å². The zero-order valence-electron chi connectivity index (χ0n) is 22.0. The largest absolute Gasteiger partial charge is 0.481 e. The number of hydrogen-bond acceptors (Lipinski definition) is 7. The molecule has 0 aromatic carbocycles. The zero-order chi connectivity index (χ0) is 26.9. The second-order valence-corrected chi connectivity index (χ2v) is 11.4. The molecule has 2 amide bonds. The van der Waals surface area contributed by atoms with Crippen LogP contribution in [-0.2, 0) is 19.7 Å². The molecule has 196 valence electrons. The summed E-state index contributed by atoms with van der Waals surface area (Å²) in [5.74, 6) is -0.694. The zero-order valence-corrected chi connectivity index (χ0v) is 22.0. The Morgan fingerprint density at radius 2 is 1.72 bits per heavy atom. The molecule has 10 heteroatoms. The SMILES string of the molecule is C[C@H](C[C@@H]1C[C@@]1(C(=O)O)c1cn(-c2ccccn2)cn1)CN(C(=O)OC(C)(C)C)C(=O)OC(C)(C)C. The molecule has 2 aromatic heterocycles. The normalized spacial score (nSPS) is 20.4. The van der Waals surface area contributed by atoms with Crippen molar-refractivity contribution in [2.75, 3.05) is 6.54 Å². The minimum atomic E-state index is -1.11. The van der Waals surface area contributed by atoms with Crippen LogP contribution in [0.15, 0.2) is 36.9 Å². The van der Waals surface area contributed by atoms with Gasteiger partial charge in [0.2, 0.25) is 0 Å². The van der Waals surface area contributed by atoms with E-state index in [9.17, 15) is 19.5 Å². The number of aromatic nitrogens is 3. The molecule has 1 fully saturated rings. The van der Waals surface area contributed by atoms with Crippen molar-refractivity contribution < 1.29 is 29.0 Å². The maximum absolute atomic E-state index is 12.8. The van der Waals surface area contributed by atoms with Crippen LogP contribution in [0, 0.1) is 11.8 Å². The highest BCUT2D eigenvalue weighted by Gasteiger charge is 2.63. The van der Waals surface area contributed by atoms with Crippen LogP contribution >= 0.6 is 0 Å². The summed E-state index contributed by atoms with van der Waals surface area (Å²) in [6, 6.07) is 5.46. The van der Waals surface area contributed by atoms with Crippen molar-refractivity contribution in [3.8, 4) is 5.82 Å². The molecule has 0 spiro atoms. The van der Waals surface area contributed by atoms with Gasteiger partial charge in [0, 0.05) is 18.9 Å². The number of imide groups is 1. The van der Waals surface area contributed by atoms with Crippen molar-refractivity contribution in [1.29, 1.82) is 0 Å². The maximum atomic E-state index is 12.8. The first kappa shape index (κ1) is 27.2. The van der Waals surface area contributed by atoms with Crippen LogP contribution < -0.4 is 0 Å². The molecular formula is C26H36N4O6. The summed E-state index contributed by atoms with van der Waals surface area (Å²) >= 11 is 0. The number of carboxylic acids is 1. The lowest BCUT2D eigenvalue weighted by molar-refractivity contribution is -0.140. The second kappa shape index (κ2) is 9.91. The molecule has 1 aliphatic rings. The Hall–Kier alpha value is -3.43. The van der Waals surface area contributed by atoms with Crippen LogP contribution in [0.2, 0.25) is 0 Å². The molecule has 3 atom stereocenters. The number of carbonyl (C=O) groups excluding carboxylic acids is 2. The summed E-state index contributed by atoms with van der Waals surface area (Å²) in [4.78, 5) is 47.6. The molecule has 0 aliphatic heterocycles. The van der Waals surface area contributed by atoms with Crippen molar-refractivity contribution in [3.05, 3.63) is 42.6 Å². The van der Waals surface area contributed by atoms with Crippen molar-refractivity contribution in [1.82, 2.24) is 19.4 Å². The number of aliphatic carboxylic acids is 1. The average molecular weight is 501 g/mol. The molecule has 1 N–H and O–H groups in total. The van der Waals surface area contributed by atoms with Gasteiger partial charge in [-0.15, -0.1) is 0 Å². The van der Waals surface area contributed by atoms with Gasteiger partial charge in [0.25, 0.3) is 0 Å². The van der Waals surface area contributed by atoms with E-state index in [0.29, 0.717) is 24.4 Å². The highest BCUT2D eigenvalue weighted by atomic mass is 16.6. The minimum Gasteiger partial charge on any atom is -0.481 e. The van der Waals surface area contributed by atoms with E-state index in [0.717, 1.165) is 4.90 Å². The van der Waals surface area contributed by atoms with Gasteiger partial charge < -0.3 is 14.6 Å². The van der Waals surface area contributed by atoms with Gasteiger partial charge in [0.05, 0.1) is 5.69 Å². The first-order valence-electron chi connectivity index (χ1n) is 12.0. The molecule has 2 heterocycles. The van der Waals surface area contributed by atoms with Gasteiger partial charge in [-0.05, 0) is 78.4 Å². The third-order valence-corrected chi connectivity index (χ3v) is 5.85. The van der Waals surface area contributed by atoms with E-state index >= 15 is 0 Å². The first-order valence-corrected chi connectivity index (χ1v) is 12.0. The van der Waals surface area contributed by atoms with Gasteiger partial charge in [-0.3, -0.25) is 9.36 Å². The van der Waals surface area contributed by atoms with E-state index in [4.69, 9.17) is 9.47 Å². The van der Waals surface area contributed by atoms with Gasteiger partial charge in [0.15, 0.2) is 0 Å². The number of hydrogen-bond donors (Lipinski definition) is 1. The molecule has 2 aromatic rings. The van der Waals surface area contributed by atoms with E-state index in [2.05, 4.69) is 9.97 Å². The highest BCUT2D eigenvalue weighted by molar-refractivity contribution is 5.88. The predicted octanol–water partition coefficient (Wildman–Crippen LogP) is 4.81. The summed E-state index contributed by atoms with van der Waals surface area (Å²) in [7, 11) is 0. The molecule has 10 nitrogen and oxygen atoms in total. The molecule has 1 aliphatic carbocycles. The topological polar surface area (TPSA) is 124 Å². The fourth-order valence-electron chi connectivity index (χ4n) is 4.21. The maximum Gasteiger partial charge on any atom is 0.419 e. The number of carbonyl (C=O) groups is 3. The Morgan fingerprint density at radius 1 is 1.11 bits per heavy atom. The quantitative estimate of drug-likeness (QED) is 0.574. The fraction of sp³-hybridized carbons (Fsp3) is 0.577. The minimum absolute atomic E-state index is 0.0401. The Bertz CT molecular complexity index is 1070. The van der Waals surface area contributed by atoms with Crippen molar-refractivity contribution in [3.63, 3.8) is 0 Å². The second-order valence-electron chi connectivity index (χ2n) is 11.4. The number of imidazole rings is 1. The number of amides is 2. The van der Waals surface area contributed by atoms with E-state index in [1.807, 2.05) is 19.1 Å². The summed E-state index contributed by atoms with van der Waals surface area (Å²) in [5.41, 5.74) is -2.23. The van der Waals surface area contributed by atoms with E-state index < -0.39 is 34.8 Å². The number of ether oxygens (including phenoxy) is 2. The molecule has 36 heavy (non-hydrogen) atoms. The first-order chi connectivity index (χ1) is 16.6. The Kier molecular flexibility index (Phi) is 7.48. The lowest BCUT2D eigenvalue weighted by atomic mass is 9.94. The number of pyridine rings is 1. The Morgan fingerprint density at radius 3 is 2.22 bits per heavy atom. The standard InChI is InChI=1S/C26H36N4O6/c1-17(14-30(22(33)35-24(2,3)4)23(34)36-25(5,6)7)12-18-13-26(18,21(31)32)19-15-29(16-28-19)20-10-8-9-11-27-20/h8-11,15-18H,12-14H2,1-7H3,(H,31,32)/t17-,18-,26+/m1/s1. The summed E-state index contributed by atoms with van der Waals surface area (Å²) < 4.78 is 12.5. The van der Waals surface area contributed by atoms with Crippen LogP contribution in [0.1, 0.15) is 67.0 Å². The molecule has 0 radical (unpaired) electrons. The van der Waals surface area contributed by atoms with Gasteiger partial charge >= 0.3 is 18.2 Å². The van der Waals surface area contributed by atoms with Gasteiger partial charge in [-0.1, -0.05) is 13.0 Å². The van der Waals surface area contributed by atoms with Crippen molar-refractivity contribution >= 4 is 18.2 Å². The third-order valence-electron chi connectivity index (χ3n) is 5.85. The summed E-state index contributed by atoms with van der Waals surface area (Å²) in [6.07, 6.45) is 4.24. The van der Waals surface area contributed by atoms with E-state index in [1.165, 1.54) is 0 Å². The number of nitrogens with zero attached hydrogens (tertiary/aromatic N) is 4. The lowest BCUT2D eigenvalue weighted by Gasteiger charge is -2.30. The molecule has 0 unspecified atom stereocenters. The molecule has 1 saturated carbocycles. The van der Waals surface area contributed by atoms with Crippen LogP contribution in [0.5, 0.6) is 0 Å². The number of rotatable bonds is 7. The monoisotopic (exact) mass is 500 g/mol. The molecule has 0 bridgehead atoms. The van der Waals surface area contributed by atoms with Crippen LogP contribution in [0.4, 0.5) is 9.59 Å².